The predicted octanol–water partition coefficient (Wildman–Crippen LogP) is 2.96. The number of rotatable bonds is 6. The van der Waals surface area contributed by atoms with Crippen LogP contribution in [0, 0.1) is 0 Å². The Kier molecular flexibility index (Phi) is 16.5. The summed E-state index contributed by atoms with van der Waals surface area (Å²) in [6, 6.07) is 0. The summed E-state index contributed by atoms with van der Waals surface area (Å²) >= 11 is 0. The van der Waals surface area contributed by atoms with Gasteiger partial charge in [-0.1, -0.05) is 39.5 Å². The van der Waals surface area contributed by atoms with E-state index in [2.05, 4.69) is 19.2 Å². The van der Waals surface area contributed by atoms with E-state index in [1.165, 1.54) is 25.7 Å². The van der Waals surface area contributed by atoms with Gasteiger partial charge in [0, 0.05) is 22.4 Å². The molecular formula is C8H18NTa-. The minimum Gasteiger partial charge on any atom is -0.662 e. The Morgan fingerprint density at radius 2 is 1.30 bits per heavy atom. The van der Waals surface area contributed by atoms with Crippen molar-refractivity contribution < 1.29 is 22.4 Å². The van der Waals surface area contributed by atoms with E-state index in [1.807, 2.05) is 0 Å². The third-order valence-electron chi connectivity index (χ3n) is 1.34. The van der Waals surface area contributed by atoms with E-state index in [0.717, 1.165) is 13.1 Å². The maximum absolute atomic E-state index is 4.35. The summed E-state index contributed by atoms with van der Waals surface area (Å²) in [6.45, 7) is 6.57. The molecule has 61 valence electrons. The van der Waals surface area contributed by atoms with Crippen molar-refractivity contribution >= 4 is 0 Å². The van der Waals surface area contributed by atoms with Gasteiger partial charge in [-0.3, -0.25) is 0 Å². The van der Waals surface area contributed by atoms with Gasteiger partial charge >= 0.3 is 0 Å². The molecule has 0 aliphatic carbocycles. The Bertz CT molecular complexity index is 42.5. The quantitative estimate of drug-likeness (QED) is 0.670. The fraction of sp³-hybridized carbons (Fsp3) is 1.00. The van der Waals surface area contributed by atoms with Gasteiger partial charge in [-0.05, 0) is 0 Å². The van der Waals surface area contributed by atoms with Gasteiger partial charge in [0.05, 0.1) is 0 Å². The van der Waals surface area contributed by atoms with Crippen LogP contribution in [0.2, 0.25) is 0 Å². The van der Waals surface area contributed by atoms with Crippen LogP contribution >= 0.6 is 0 Å². The molecule has 0 N–H and O–H groups in total. The third-order valence-corrected chi connectivity index (χ3v) is 1.34. The van der Waals surface area contributed by atoms with Crippen molar-refractivity contribution in [3.05, 3.63) is 5.32 Å². The van der Waals surface area contributed by atoms with Gasteiger partial charge in [0.1, 0.15) is 0 Å². The van der Waals surface area contributed by atoms with Crippen LogP contribution in [0.4, 0.5) is 0 Å². The molecule has 0 fully saturated rings. The van der Waals surface area contributed by atoms with Crippen LogP contribution in [0.3, 0.4) is 0 Å². The molecule has 1 radical (unpaired) electrons. The second-order valence-electron chi connectivity index (χ2n) is 2.38. The van der Waals surface area contributed by atoms with Gasteiger partial charge in [-0.15, -0.1) is 13.1 Å². The van der Waals surface area contributed by atoms with Gasteiger partial charge in [0.25, 0.3) is 0 Å². The first kappa shape index (κ1) is 13.3. The molecule has 0 bridgehead atoms. The van der Waals surface area contributed by atoms with Crippen molar-refractivity contribution in [1.29, 1.82) is 0 Å². The minimum atomic E-state index is 0. The molecule has 0 aliphatic rings. The van der Waals surface area contributed by atoms with Gasteiger partial charge < -0.3 is 5.32 Å². The zero-order valence-electron chi connectivity index (χ0n) is 7.14. The fourth-order valence-corrected chi connectivity index (χ4v) is 0.652. The average molecular weight is 309 g/mol. The zero-order valence-corrected chi connectivity index (χ0v) is 10.4. The molecule has 0 aliphatic heterocycles. The summed E-state index contributed by atoms with van der Waals surface area (Å²) in [6.07, 6.45) is 5.08. The Hall–Kier alpha value is 0.700. The molecule has 0 rings (SSSR count). The first-order valence-electron chi connectivity index (χ1n) is 4.05. The predicted molar refractivity (Wildman–Crippen MR) is 42.9 cm³/mol. The van der Waals surface area contributed by atoms with Crippen LogP contribution in [0.1, 0.15) is 39.5 Å². The molecule has 0 spiro atoms. The van der Waals surface area contributed by atoms with Gasteiger partial charge in [-0.25, -0.2) is 0 Å². The maximum Gasteiger partial charge on any atom is 0 e. The molecule has 0 saturated carbocycles. The van der Waals surface area contributed by atoms with Crippen molar-refractivity contribution in [2.24, 2.45) is 0 Å². The molecule has 0 heterocycles. The zero-order chi connectivity index (χ0) is 6.95. The number of hydrogen-bond donors (Lipinski definition) is 0. The Morgan fingerprint density at radius 3 is 1.60 bits per heavy atom. The fourth-order valence-electron chi connectivity index (χ4n) is 0.652. The smallest absolute Gasteiger partial charge is 0 e. The van der Waals surface area contributed by atoms with E-state index < -0.39 is 0 Å². The molecule has 0 atom stereocenters. The van der Waals surface area contributed by atoms with Crippen LogP contribution in [0.25, 0.3) is 5.32 Å². The first-order chi connectivity index (χ1) is 4.41. The molecule has 0 amide bonds. The Morgan fingerprint density at radius 1 is 0.900 bits per heavy atom. The van der Waals surface area contributed by atoms with Crippen LogP contribution in [0.5, 0.6) is 0 Å². The van der Waals surface area contributed by atoms with Gasteiger partial charge in [0.15, 0.2) is 0 Å². The second kappa shape index (κ2) is 12.4. The van der Waals surface area contributed by atoms with E-state index >= 15 is 0 Å². The van der Waals surface area contributed by atoms with E-state index in [9.17, 15) is 0 Å². The molecule has 0 aromatic heterocycles. The normalized spacial score (nSPS) is 9.00. The summed E-state index contributed by atoms with van der Waals surface area (Å²) in [7, 11) is 0. The molecule has 2 heteroatoms. The number of unbranched alkanes of at least 4 members (excludes halogenated alkanes) is 2. The van der Waals surface area contributed by atoms with E-state index in [4.69, 9.17) is 0 Å². The van der Waals surface area contributed by atoms with Gasteiger partial charge in [-0.2, -0.15) is 0 Å². The molecule has 0 unspecified atom stereocenters. The number of nitrogens with zero attached hydrogens (tertiary/aromatic N) is 1. The minimum absolute atomic E-state index is 0. The Labute approximate surface area is 80.5 Å². The summed E-state index contributed by atoms with van der Waals surface area (Å²) in [5.41, 5.74) is 0. The summed E-state index contributed by atoms with van der Waals surface area (Å²) < 4.78 is 0. The molecular weight excluding hydrogens is 291 g/mol. The molecule has 0 saturated heterocycles. The SMILES string of the molecule is CCCC[N-]CCCC.[Ta]. The van der Waals surface area contributed by atoms with E-state index in [0.29, 0.717) is 0 Å². The molecule has 0 aromatic carbocycles. The van der Waals surface area contributed by atoms with Gasteiger partial charge in [0.2, 0.25) is 0 Å². The standard InChI is InChI=1S/C8H18N.Ta/c1-3-5-7-9-8-6-4-2;/h3-8H2,1-2H3;/q-1;. The molecule has 10 heavy (non-hydrogen) atoms. The van der Waals surface area contributed by atoms with Crippen molar-refractivity contribution in [2.45, 2.75) is 39.5 Å². The summed E-state index contributed by atoms with van der Waals surface area (Å²) in [4.78, 5) is 0. The van der Waals surface area contributed by atoms with Crippen LogP contribution in [-0.2, 0) is 22.4 Å². The van der Waals surface area contributed by atoms with Crippen LogP contribution < -0.4 is 0 Å². The van der Waals surface area contributed by atoms with Crippen molar-refractivity contribution in [1.82, 2.24) is 0 Å². The van der Waals surface area contributed by atoms with Crippen LogP contribution in [-0.4, -0.2) is 13.1 Å². The Balaban J connectivity index is 0. The molecule has 0 aromatic rings. The first-order valence-corrected chi connectivity index (χ1v) is 4.05. The largest absolute Gasteiger partial charge is 0.662 e. The molecule has 1 nitrogen and oxygen atoms in total. The van der Waals surface area contributed by atoms with Crippen molar-refractivity contribution in [2.75, 3.05) is 13.1 Å². The second-order valence-corrected chi connectivity index (χ2v) is 2.38. The van der Waals surface area contributed by atoms with E-state index in [1.54, 1.807) is 0 Å². The van der Waals surface area contributed by atoms with Crippen molar-refractivity contribution in [3.8, 4) is 0 Å². The van der Waals surface area contributed by atoms with Crippen molar-refractivity contribution in [3.63, 3.8) is 0 Å². The summed E-state index contributed by atoms with van der Waals surface area (Å²) in [5.74, 6) is 0. The van der Waals surface area contributed by atoms with E-state index in [-0.39, 0.29) is 22.4 Å². The topological polar surface area (TPSA) is 14.1 Å². The average Bonchev–Trinajstić information content (AvgIpc) is 1.89. The third kappa shape index (κ3) is 11.5. The summed E-state index contributed by atoms with van der Waals surface area (Å²) in [5, 5.41) is 4.35. The van der Waals surface area contributed by atoms with Crippen LogP contribution in [0.15, 0.2) is 0 Å². The number of hydrogen-bond acceptors (Lipinski definition) is 0. The maximum atomic E-state index is 4.35. The monoisotopic (exact) mass is 309 g/mol.